The predicted octanol–water partition coefficient (Wildman–Crippen LogP) is 20.4. The van der Waals surface area contributed by atoms with Crippen molar-refractivity contribution in [2.45, 2.75) is 285 Å². The minimum absolute atomic E-state index is 0.187. The molecular formula is C102H130N8O10. The Kier molecular flexibility index (Phi) is 32.5. The van der Waals surface area contributed by atoms with Crippen molar-refractivity contribution in [2.24, 2.45) is 0 Å². The molecular weight excluding hydrogens is 1500 g/mol. The lowest BCUT2D eigenvalue weighted by Crippen LogP contribution is -2.46. The van der Waals surface area contributed by atoms with Crippen molar-refractivity contribution < 1.29 is 47.9 Å². The standard InChI is InChI=1S/C70H102N4O6.C32H28N4O4/c1-67(2,3)51-39-49-40-52(68(4,5)6)44-56-61(49)55(43-51)63(77)73(64(56)78)47-59(75)71-37-35-33-31-29-27-25-23-21-19-17-15-13-14-16-18-20-22-24-26-28-30-32-34-36-38-72-60(76)48-74-65(79)57-45-53(69(7,8)9)41-50-42-54(70(10,11)12)46-58(62(50)57)66(74)80;37-29-25-3-1-4-26(15-25)30(38)34-18-22-9-13-24(14-10-22)20-36-32(40)28-6-2-5-27(16-28)31(39)35-19-23-11-7-21(8-12-23)17-33-29/h39-46H,13-38,47-48H2,1-12H3,(H,71,75)(H,72,76);1-16H,17-20H2,(H,33,37)(H,34,38)(H,35,39)(H,36,40). The topological polar surface area (TPSA) is 249 Å². The van der Waals surface area contributed by atoms with E-state index in [9.17, 15) is 47.9 Å². The highest BCUT2D eigenvalue weighted by molar-refractivity contribution is 6.28. The number of amides is 10. The summed E-state index contributed by atoms with van der Waals surface area (Å²) in [4.78, 5) is 135. The third-order valence-electron chi connectivity index (χ3n) is 23.4. The largest absolute Gasteiger partial charge is 0.355 e. The van der Waals surface area contributed by atoms with Crippen LogP contribution in [-0.2, 0) is 57.4 Å². The van der Waals surface area contributed by atoms with E-state index in [-0.39, 0.29) is 70.2 Å². The smallest absolute Gasteiger partial charge is 0.261 e. The Labute approximate surface area is 712 Å². The van der Waals surface area contributed by atoms with E-state index in [0.717, 1.165) is 104 Å². The molecule has 0 radical (unpaired) electrons. The molecule has 0 saturated carbocycles. The van der Waals surface area contributed by atoms with Crippen LogP contribution in [-0.4, -0.2) is 95.1 Å². The molecule has 6 heterocycles. The maximum absolute atomic E-state index is 13.8. The Morgan fingerprint density at radius 2 is 0.483 bits per heavy atom. The van der Waals surface area contributed by atoms with Gasteiger partial charge in [-0.3, -0.25) is 57.7 Å². The maximum Gasteiger partial charge on any atom is 0.261 e. The van der Waals surface area contributed by atoms with Gasteiger partial charge in [-0.15, -0.1) is 0 Å². The summed E-state index contributed by atoms with van der Waals surface area (Å²) >= 11 is 0. The lowest BCUT2D eigenvalue weighted by Gasteiger charge is -2.31. The number of imide groups is 2. The quantitative estimate of drug-likeness (QED) is 0.0177. The molecule has 18 heteroatoms. The van der Waals surface area contributed by atoms with E-state index in [2.05, 4.69) is 139 Å². The summed E-state index contributed by atoms with van der Waals surface area (Å²) in [6.45, 7) is 27.3. The van der Waals surface area contributed by atoms with Gasteiger partial charge in [0.2, 0.25) is 11.8 Å². The van der Waals surface area contributed by atoms with Crippen molar-refractivity contribution in [1.82, 2.24) is 41.7 Å². The first-order valence-corrected chi connectivity index (χ1v) is 44.2. The van der Waals surface area contributed by atoms with Crippen LogP contribution in [0.3, 0.4) is 0 Å². The van der Waals surface area contributed by atoms with Gasteiger partial charge < -0.3 is 31.9 Å². The fourth-order valence-corrected chi connectivity index (χ4v) is 15.8. The molecule has 0 saturated heterocycles. The van der Waals surface area contributed by atoms with Gasteiger partial charge in [-0.2, -0.15) is 0 Å². The molecule has 0 atom stereocenters. The van der Waals surface area contributed by atoms with Crippen LogP contribution in [0, 0.1) is 0 Å². The average Bonchev–Trinajstić information content (AvgIpc) is 0.733. The van der Waals surface area contributed by atoms with Crippen LogP contribution in [0.5, 0.6) is 0 Å². The lowest BCUT2D eigenvalue weighted by molar-refractivity contribution is -0.122. The van der Waals surface area contributed by atoms with E-state index in [0.29, 0.717) is 94.5 Å². The third kappa shape index (κ3) is 26.0. The van der Waals surface area contributed by atoms with Crippen LogP contribution < -0.4 is 31.9 Å². The third-order valence-corrected chi connectivity index (χ3v) is 23.4. The molecule has 18 nitrogen and oxygen atoms in total. The van der Waals surface area contributed by atoms with Crippen molar-refractivity contribution in [3.05, 3.63) is 235 Å². The number of hydrogen-bond donors (Lipinski definition) is 6. The van der Waals surface area contributed by atoms with E-state index < -0.39 is 23.6 Å². The normalized spacial score (nSPS) is 14.2. The van der Waals surface area contributed by atoms with Crippen LogP contribution in [0.15, 0.2) is 146 Å². The van der Waals surface area contributed by atoms with Gasteiger partial charge >= 0.3 is 0 Å². The first kappa shape index (κ1) is 91.7. The molecule has 14 rings (SSSR count). The number of rotatable bonds is 31. The van der Waals surface area contributed by atoms with Crippen LogP contribution in [0.1, 0.15) is 365 Å². The summed E-state index contributed by atoms with van der Waals surface area (Å²) in [5.41, 5.74) is 10.5. The first-order valence-electron chi connectivity index (χ1n) is 44.2. The van der Waals surface area contributed by atoms with Crippen LogP contribution in [0.2, 0.25) is 0 Å². The summed E-state index contributed by atoms with van der Waals surface area (Å²) in [7, 11) is 0. The molecule has 8 aromatic rings. The fourth-order valence-electron chi connectivity index (χ4n) is 15.8. The van der Waals surface area contributed by atoms with Gasteiger partial charge in [-0.05, 0) is 150 Å². The number of benzene rings is 8. The van der Waals surface area contributed by atoms with Crippen molar-refractivity contribution in [2.75, 3.05) is 26.2 Å². The zero-order valence-corrected chi connectivity index (χ0v) is 73.5. The zero-order chi connectivity index (χ0) is 86.3. The van der Waals surface area contributed by atoms with E-state index in [4.69, 9.17) is 0 Å². The Morgan fingerprint density at radius 3 is 0.683 bits per heavy atom. The number of carbonyl (C=O) groups excluding carboxylic acids is 10. The molecule has 8 aromatic carbocycles. The minimum Gasteiger partial charge on any atom is -0.355 e. The van der Waals surface area contributed by atoms with Gasteiger partial charge in [-0.25, -0.2) is 0 Å². The second-order valence-electron chi connectivity index (χ2n) is 37.4. The van der Waals surface area contributed by atoms with E-state index in [1.165, 1.54) is 116 Å². The van der Waals surface area contributed by atoms with E-state index in [1.807, 2.05) is 72.8 Å². The molecule has 6 aliphatic heterocycles. The molecule has 0 spiro atoms. The second-order valence-corrected chi connectivity index (χ2v) is 37.4. The summed E-state index contributed by atoms with van der Waals surface area (Å²) in [6, 6.07) is 44.3. The molecule has 8 bridgehead atoms. The SMILES string of the molecule is CC(C)(C)c1cc2c3c(cc(C(C)(C)C)cc3c1)C(=O)N(CC(=O)NCCCCCCCCCCCCCCCCCCCCCCCCCCNC(=O)CN1C(=O)c3cc(C(C)(C)C)cc4cc(C(C)(C)C)cc(c34)C1=O)C2=O.O=C1NCc2ccc(cc2)CNC(=O)c2cccc(c2)C(=O)NCc2ccc(cc2)CNC(=O)c2cccc1c2. The highest BCUT2D eigenvalue weighted by Crippen LogP contribution is 2.41. The molecule has 0 fully saturated rings. The molecule has 6 aliphatic rings. The Bertz CT molecular complexity index is 4420. The number of unbranched alkanes of at least 4 members (excludes halogenated alkanes) is 23. The van der Waals surface area contributed by atoms with Gasteiger partial charge in [0.05, 0.1) is 0 Å². The summed E-state index contributed by atoms with van der Waals surface area (Å²) in [5, 5.41) is 20.7. The predicted molar refractivity (Wildman–Crippen MR) is 481 cm³/mol. The van der Waals surface area contributed by atoms with E-state index >= 15 is 0 Å². The van der Waals surface area contributed by atoms with Crippen LogP contribution in [0.25, 0.3) is 21.5 Å². The van der Waals surface area contributed by atoms with Gasteiger partial charge in [0.15, 0.2) is 0 Å². The Morgan fingerprint density at radius 1 is 0.283 bits per heavy atom. The Hall–Kier alpha value is -10.6. The molecule has 0 unspecified atom stereocenters. The van der Waals surface area contributed by atoms with Crippen molar-refractivity contribution in [3.63, 3.8) is 0 Å². The molecule has 10 amide bonds. The molecule has 0 aliphatic carbocycles. The van der Waals surface area contributed by atoms with Crippen LogP contribution in [0.4, 0.5) is 0 Å². The fraction of sp³-hybridized carbons (Fsp3) is 0.471. The number of nitrogens with zero attached hydrogens (tertiary/aromatic N) is 2. The van der Waals surface area contributed by atoms with Gasteiger partial charge in [0, 0.05) is 94.5 Å². The van der Waals surface area contributed by atoms with Gasteiger partial charge in [0.25, 0.3) is 47.3 Å². The Balaban J connectivity index is 0.000000314. The maximum atomic E-state index is 13.8. The number of hydrogen-bond acceptors (Lipinski definition) is 10. The zero-order valence-electron chi connectivity index (χ0n) is 73.5. The summed E-state index contributed by atoms with van der Waals surface area (Å²) in [6.07, 6.45) is 29.9. The number of nitrogens with one attached hydrogen (secondary N) is 6. The highest BCUT2D eigenvalue weighted by atomic mass is 16.2. The number of carbonyl (C=O) groups is 10. The van der Waals surface area contributed by atoms with Crippen molar-refractivity contribution in [3.8, 4) is 0 Å². The molecule has 638 valence electrons. The molecule has 6 N–H and O–H groups in total. The monoisotopic (exact) mass is 1630 g/mol. The van der Waals surface area contributed by atoms with Crippen LogP contribution >= 0.6 is 0 Å². The molecule has 0 aromatic heterocycles. The summed E-state index contributed by atoms with van der Waals surface area (Å²) in [5.74, 6) is -3.30. The van der Waals surface area contributed by atoms with Gasteiger partial charge in [0.1, 0.15) is 13.1 Å². The van der Waals surface area contributed by atoms with Crippen molar-refractivity contribution >= 4 is 80.6 Å². The van der Waals surface area contributed by atoms with Crippen molar-refractivity contribution in [1.29, 1.82) is 0 Å². The average molecular weight is 1630 g/mol. The molecule has 120 heavy (non-hydrogen) atoms. The van der Waals surface area contributed by atoms with Gasteiger partial charge in [-0.1, -0.05) is 309 Å². The first-order chi connectivity index (χ1) is 57.2. The minimum atomic E-state index is -0.397. The second kappa shape index (κ2) is 42.5. The highest BCUT2D eigenvalue weighted by Gasteiger charge is 2.39. The lowest BCUT2D eigenvalue weighted by atomic mass is 9.79. The van der Waals surface area contributed by atoms with E-state index in [1.54, 1.807) is 48.5 Å². The summed E-state index contributed by atoms with van der Waals surface area (Å²) < 4.78 is 0.